The number of hydrogen-bond acceptors (Lipinski definition) is 6. The fourth-order valence-corrected chi connectivity index (χ4v) is 2.13. The van der Waals surface area contributed by atoms with Crippen molar-refractivity contribution in [1.29, 1.82) is 0 Å². The van der Waals surface area contributed by atoms with Crippen LogP contribution in [0.5, 0.6) is 5.75 Å². The second-order valence-electron chi connectivity index (χ2n) is 4.67. The minimum Gasteiger partial charge on any atom is -0.479 e. The van der Waals surface area contributed by atoms with E-state index in [1.807, 2.05) is 0 Å². The number of aryl methyl sites for hydroxylation is 1. The van der Waals surface area contributed by atoms with Gasteiger partial charge in [-0.15, -0.1) is 0 Å². The molecule has 0 fully saturated rings. The SMILES string of the molecule is COC(=O)[C@H](C)Oc1ccc(F)c(CCCOS(C)(=O)=O)c1. The predicted molar refractivity (Wildman–Crippen MR) is 77.6 cm³/mol. The van der Waals surface area contributed by atoms with Crippen LogP contribution in [0.15, 0.2) is 18.2 Å². The second-order valence-corrected chi connectivity index (χ2v) is 6.31. The highest BCUT2D eigenvalue weighted by molar-refractivity contribution is 7.85. The van der Waals surface area contributed by atoms with Crippen molar-refractivity contribution < 1.29 is 31.3 Å². The van der Waals surface area contributed by atoms with Crippen LogP contribution in [0.3, 0.4) is 0 Å². The Morgan fingerprint density at radius 2 is 2.05 bits per heavy atom. The van der Waals surface area contributed by atoms with Crippen molar-refractivity contribution in [3.8, 4) is 5.75 Å². The highest BCUT2D eigenvalue weighted by atomic mass is 32.2. The Morgan fingerprint density at radius 1 is 1.36 bits per heavy atom. The molecule has 0 saturated carbocycles. The van der Waals surface area contributed by atoms with E-state index < -0.39 is 28.0 Å². The van der Waals surface area contributed by atoms with Gasteiger partial charge in [-0.05, 0) is 43.5 Å². The predicted octanol–water partition coefficient (Wildman–Crippen LogP) is 1.67. The Hall–Kier alpha value is -1.67. The third-order valence-corrected chi connectivity index (χ3v) is 3.35. The summed E-state index contributed by atoms with van der Waals surface area (Å²) in [6.07, 6.45) is 0.762. The molecule has 8 heteroatoms. The van der Waals surface area contributed by atoms with Crippen molar-refractivity contribution >= 4 is 16.1 Å². The topological polar surface area (TPSA) is 78.9 Å². The van der Waals surface area contributed by atoms with Gasteiger partial charge in [0.05, 0.1) is 20.0 Å². The van der Waals surface area contributed by atoms with Gasteiger partial charge in [-0.1, -0.05) is 0 Å². The zero-order valence-corrected chi connectivity index (χ0v) is 13.5. The molecule has 0 aromatic heterocycles. The minimum absolute atomic E-state index is 0.0259. The number of esters is 1. The molecule has 6 nitrogen and oxygen atoms in total. The van der Waals surface area contributed by atoms with Crippen LogP contribution in [0.4, 0.5) is 4.39 Å². The van der Waals surface area contributed by atoms with Gasteiger partial charge in [-0.2, -0.15) is 8.42 Å². The van der Waals surface area contributed by atoms with E-state index in [2.05, 4.69) is 8.92 Å². The van der Waals surface area contributed by atoms with Crippen molar-refractivity contribution in [2.75, 3.05) is 20.0 Å². The number of benzene rings is 1. The number of rotatable bonds is 8. The van der Waals surface area contributed by atoms with Crippen LogP contribution in [0.25, 0.3) is 0 Å². The van der Waals surface area contributed by atoms with Gasteiger partial charge in [-0.25, -0.2) is 9.18 Å². The summed E-state index contributed by atoms with van der Waals surface area (Å²) in [5.74, 6) is -0.636. The fourth-order valence-electron chi connectivity index (χ4n) is 1.71. The monoisotopic (exact) mass is 334 g/mol. The van der Waals surface area contributed by atoms with Gasteiger partial charge in [0.15, 0.2) is 6.10 Å². The Balaban J connectivity index is 2.64. The van der Waals surface area contributed by atoms with Crippen LogP contribution in [0.2, 0.25) is 0 Å². The quantitative estimate of drug-likeness (QED) is 0.409. The first kappa shape index (κ1) is 18.4. The van der Waals surface area contributed by atoms with Crippen molar-refractivity contribution in [1.82, 2.24) is 0 Å². The molecule has 0 saturated heterocycles. The molecular weight excluding hydrogens is 315 g/mol. The molecule has 1 rings (SSSR count). The van der Waals surface area contributed by atoms with Crippen molar-refractivity contribution in [3.05, 3.63) is 29.6 Å². The zero-order valence-electron chi connectivity index (χ0n) is 12.7. The number of halogens is 1. The summed E-state index contributed by atoms with van der Waals surface area (Å²) >= 11 is 0. The number of hydrogen-bond donors (Lipinski definition) is 0. The van der Waals surface area contributed by atoms with E-state index in [1.165, 1.54) is 32.2 Å². The molecular formula is C14H19FO6S. The normalized spacial score (nSPS) is 12.7. The highest BCUT2D eigenvalue weighted by Gasteiger charge is 2.15. The Labute approximate surface area is 129 Å². The molecule has 0 aliphatic rings. The van der Waals surface area contributed by atoms with E-state index in [1.54, 1.807) is 0 Å². The maximum absolute atomic E-state index is 13.7. The standard InChI is InChI=1S/C14H19FO6S/c1-10(14(16)19-2)21-12-6-7-13(15)11(9-12)5-4-8-20-22(3,17)18/h6-7,9-10H,4-5,8H2,1-3H3/t10-/m0/s1. The molecule has 0 heterocycles. The maximum Gasteiger partial charge on any atom is 0.346 e. The van der Waals surface area contributed by atoms with Gasteiger partial charge >= 0.3 is 5.97 Å². The second kappa shape index (κ2) is 8.09. The molecule has 124 valence electrons. The lowest BCUT2D eigenvalue weighted by atomic mass is 10.1. The van der Waals surface area contributed by atoms with Crippen LogP contribution in [0.1, 0.15) is 18.9 Å². The molecule has 0 radical (unpaired) electrons. The molecule has 1 atom stereocenters. The molecule has 0 aliphatic heterocycles. The third-order valence-electron chi connectivity index (χ3n) is 2.75. The van der Waals surface area contributed by atoms with Crippen molar-refractivity contribution in [2.24, 2.45) is 0 Å². The molecule has 1 aromatic carbocycles. The van der Waals surface area contributed by atoms with E-state index in [0.717, 1.165) is 6.26 Å². The Morgan fingerprint density at radius 3 is 2.64 bits per heavy atom. The van der Waals surface area contributed by atoms with Crippen LogP contribution < -0.4 is 4.74 Å². The lowest BCUT2D eigenvalue weighted by Gasteiger charge is -2.13. The lowest BCUT2D eigenvalue weighted by molar-refractivity contribution is -0.147. The molecule has 0 spiro atoms. The summed E-state index contributed by atoms with van der Waals surface area (Å²) in [6.45, 7) is 1.50. The van der Waals surface area contributed by atoms with Crippen LogP contribution >= 0.6 is 0 Å². The van der Waals surface area contributed by atoms with E-state index in [9.17, 15) is 17.6 Å². The number of carbonyl (C=O) groups is 1. The average Bonchev–Trinajstić information content (AvgIpc) is 2.44. The van der Waals surface area contributed by atoms with Crippen LogP contribution in [0, 0.1) is 5.82 Å². The smallest absolute Gasteiger partial charge is 0.346 e. The number of carbonyl (C=O) groups excluding carboxylic acids is 1. The number of methoxy groups -OCH3 is 1. The summed E-state index contributed by atoms with van der Waals surface area (Å²) in [4.78, 5) is 11.3. The first-order chi connectivity index (χ1) is 10.2. The Kier molecular flexibility index (Phi) is 6.76. The molecule has 0 bridgehead atoms. The largest absolute Gasteiger partial charge is 0.479 e. The van der Waals surface area contributed by atoms with Gasteiger partial charge in [-0.3, -0.25) is 4.18 Å². The first-order valence-corrected chi connectivity index (χ1v) is 8.42. The minimum atomic E-state index is -3.50. The average molecular weight is 334 g/mol. The van der Waals surface area contributed by atoms with E-state index in [4.69, 9.17) is 4.74 Å². The van der Waals surface area contributed by atoms with Gasteiger partial charge in [0.2, 0.25) is 0 Å². The number of ether oxygens (including phenoxy) is 2. The molecule has 0 aliphatic carbocycles. The maximum atomic E-state index is 13.7. The summed E-state index contributed by atoms with van der Waals surface area (Å²) in [7, 11) is -2.24. The van der Waals surface area contributed by atoms with Crippen LogP contribution in [-0.2, 0) is 30.3 Å². The van der Waals surface area contributed by atoms with Crippen LogP contribution in [-0.4, -0.2) is 40.5 Å². The first-order valence-electron chi connectivity index (χ1n) is 6.60. The Bertz CT molecular complexity index is 614. The third kappa shape index (κ3) is 6.40. The summed E-state index contributed by atoms with van der Waals surface area (Å²) in [5.41, 5.74) is 0.353. The van der Waals surface area contributed by atoms with Gasteiger partial charge in [0.1, 0.15) is 11.6 Å². The van der Waals surface area contributed by atoms with Crippen molar-refractivity contribution in [3.63, 3.8) is 0 Å². The zero-order chi connectivity index (χ0) is 16.8. The molecule has 1 aromatic rings. The van der Waals surface area contributed by atoms with Gasteiger partial charge < -0.3 is 9.47 Å². The molecule has 0 N–H and O–H groups in total. The molecule has 0 amide bonds. The van der Waals surface area contributed by atoms with Gasteiger partial charge in [0, 0.05) is 0 Å². The van der Waals surface area contributed by atoms with E-state index in [0.29, 0.717) is 17.7 Å². The summed E-state index contributed by atoms with van der Waals surface area (Å²) in [5, 5.41) is 0. The summed E-state index contributed by atoms with van der Waals surface area (Å²) in [6, 6.07) is 4.10. The fraction of sp³-hybridized carbons (Fsp3) is 0.500. The van der Waals surface area contributed by atoms with Gasteiger partial charge in [0.25, 0.3) is 10.1 Å². The lowest BCUT2D eigenvalue weighted by Crippen LogP contribution is -2.24. The molecule has 0 unspecified atom stereocenters. The molecule has 22 heavy (non-hydrogen) atoms. The summed E-state index contributed by atoms with van der Waals surface area (Å²) < 4.78 is 49.8. The van der Waals surface area contributed by atoms with E-state index >= 15 is 0 Å². The highest BCUT2D eigenvalue weighted by Crippen LogP contribution is 2.19. The van der Waals surface area contributed by atoms with E-state index in [-0.39, 0.29) is 13.0 Å². The van der Waals surface area contributed by atoms with Crippen molar-refractivity contribution in [2.45, 2.75) is 25.9 Å².